The van der Waals surface area contributed by atoms with Gasteiger partial charge in [-0.1, -0.05) is 6.92 Å². The van der Waals surface area contributed by atoms with Crippen molar-refractivity contribution in [2.45, 2.75) is 51.7 Å². The minimum absolute atomic E-state index is 0.0796. The molecule has 0 saturated carbocycles. The van der Waals surface area contributed by atoms with Gasteiger partial charge in [-0.05, 0) is 32.4 Å². The molecule has 1 aliphatic rings. The summed E-state index contributed by atoms with van der Waals surface area (Å²) in [4.78, 5) is 27.8. The van der Waals surface area contributed by atoms with Crippen LogP contribution in [0, 0.1) is 11.3 Å². The van der Waals surface area contributed by atoms with Gasteiger partial charge >= 0.3 is 0 Å². The van der Waals surface area contributed by atoms with Crippen LogP contribution in [-0.2, 0) is 13.5 Å². The van der Waals surface area contributed by atoms with Crippen molar-refractivity contribution in [1.82, 2.24) is 29.0 Å². The number of anilines is 1. The maximum atomic E-state index is 12.8. The van der Waals surface area contributed by atoms with Gasteiger partial charge in [0.15, 0.2) is 0 Å². The largest absolute Gasteiger partial charge is 0.351 e. The van der Waals surface area contributed by atoms with Crippen LogP contribution in [0.15, 0.2) is 34.6 Å². The summed E-state index contributed by atoms with van der Waals surface area (Å²) in [5.74, 6) is 0.782. The lowest BCUT2D eigenvalue weighted by Crippen LogP contribution is -2.58. The fourth-order valence-corrected chi connectivity index (χ4v) is 5.64. The van der Waals surface area contributed by atoms with Gasteiger partial charge in [0.25, 0.3) is 5.56 Å². The molecule has 4 aromatic rings. The Balaban J connectivity index is 1.48. The van der Waals surface area contributed by atoms with Crippen molar-refractivity contribution in [3.8, 4) is 6.07 Å². The number of hydrogen-bond donors (Lipinski definition) is 0. The molecule has 34 heavy (non-hydrogen) atoms. The van der Waals surface area contributed by atoms with E-state index < -0.39 is 0 Å². The molecule has 10 heteroatoms. The number of pyridine rings is 1. The first-order valence-corrected chi connectivity index (χ1v) is 12.5. The van der Waals surface area contributed by atoms with Gasteiger partial charge in [0, 0.05) is 50.4 Å². The molecule has 176 valence electrons. The highest BCUT2D eigenvalue weighted by molar-refractivity contribution is 7.16. The lowest BCUT2D eigenvalue weighted by molar-refractivity contribution is 0.103. The van der Waals surface area contributed by atoms with E-state index in [9.17, 15) is 4.79 Å². The van der Waals surface area contributed by atoms with Gasteiger partial charge in [-0.2, -0.15) is 10.4 Å². The summed E-state index contributed by atoms with van der Waals surface area (Å²) in [5, 5.41) is 13.8. The summed E-state index contributed by atoms with van der Waals surface area (Å²) < 4.78 is 3.40. The Kier molecular flexibility index (Phi) is 5.83. The van der Waals surface area contributed by atoms with E-state index in [4.69, 9.17) is 10.2 Å². The first-order chi connectivity index (χ1) is 16.4. The summed E-state index contributed by atoms with van der Waals surface area (Å²) in [6.07, 6.45) is 1.19. The zero-order valence-electron chi connectivity index (χ0n) is 19.8. The van der Waals surface area contributed by atoms with E-state index in [-0.39, 0.29) is 24.1 Å². The van der Waals surface area contributed by atoms with Crippen molar-refractivity contribution in [2.24, 2.45) is 7.05 Å². The van der Waals surface area contributed by atoms with Crippen LogP contribution >= 0.6 is 11.3 Å². The predicted octanol–water partition coefficient (Wildman–Crippen LogP) is 3.15. The maximum absolute atomic E-state index is 12.8. The Bertz CT molecular complexity index is 1450. The maximum Gasteiger partial charge on any atom is 0.255 e. The third-order valence-corrected chi connectivity index (χ3v) is 7.67. The molecule has 0 N–H and O–H groups in total. The zero-order valence-corrected chi connectivity index (χ0v) is 20.7. The Morgan fingerprint density at radius 1 is 1.29 bits per heavy atom. The van der Waals surface area contributed by atoms with E-state index in [0.29, 0.717) is 17.4 Å². The van der Waals surface area contributed by atoms with Crippen LogP contribution < -0.4 is 10.5 Å². The highest BCUT2D eigenvalue weighted by Gasteiger charge is 2.35. The van der Waals surface area contributed by atoms with Crippen molar-refractivity contribution in [2.75, 3.05) is 18.0 Å². The second-order valence-corrected chi connectivity index (χ2v) is 9.82. The van der Waals surface area contributed by atoms with E-state index in [2.05, 4.69) is 58.9 Å². The fourth-order valence-electron chi connectivity index (χ4n) is 4.97. The molecule has 3 atom stereocenters. The molecular formula is C24H28N8OS. The minimum atomic E-state index is -0.0796. The van der Waals surface area contributed by atoms with Crippen molar-refractivity contribution in [3.05, 3.63) is 51.5 Å². The van der Waals surface area contributed by atoms with Gasteiger partial charge in [-0.15, -0.1) is 11.3 Å². The molecule has 0 aromatic carbocycles. The molecule has 1 aliphatic heterocycles. The number of piperazine rings is 1. The standard InChI is InChI=1S/C24H28N8OS/c1-5-18-13-30(22-11-23(33)29(4)21-10-17(8-9-25)28-32(21)22)15(2)12-31(18)16(3)19-6-7-20-24(27-19)34-14-26-20/h6-7,10-11,14-16,18H,5,8,12-13H2,1-4H3/t15-,16-,18+/m0/s1. The molecule has 4 aromatic heterocycles. The minimum Gasteiger partial charge on any atom is -0.351 e. The van der Waals surface area contributed by atoms with Gasteiger partial charge in [-0.25, -0.2) is 14.5 Å². The number of nitrogens with zero attached hydrogens (tertiary/aromatic N) is 8. The molecule has 0 unspecified atom stereocenters. The lowest BCUT2D eigenvalue weighted by atomic mass is 10.0. The number of aryl methyl sites for hydroxylation is 1. The quantitative estimate of drug-likeness (QED) is 0.437. The fraction of sp³-hybridized carbons (Fsp3) is 0.458. The zero-order chi connectivity index (χ0) is 24.0. The SMILES string of the molecule is CC[C@@H]1CN(c2cc(=O)n(C)c3cc(CC#N)nn23)[C@@H](C)CN1[C@@H](C)c1ccc2ncsc2n1. The molecule has 0 spiro atoms. The van der Waals surface area contributed by atoms with Crippen LogP contribution in [0.3, 0.4) is 0 Å². The summed E-state index contributed by atoms with van der Waals surface area (Å²) in [7, 11) is 1.74. The highest BCUT2D eigenvalue weighted by Crippen LogP contribution is 2.31. The highest BCUT2D eigenvalue weighted by atomic mass is 32.1. The van der Waals surface area contributed by atoms with Gasteiger partial charge < -0.3 is 4.90 Å². The van der Waals surface area contributed by atoms with Gasteiger partial charge in [0.1, 0.15) is 16.3 Å². The average Bonchev–Trinajstić information content (AvgIpc) is 3.48. The molecule has 0 radical (unpaired) electrons. The second-order valence-electron chi connectivity index (χ2n) is 8.99. The molecule has 0 amide bonds. The van der Waals surface area contributed by atoms with Crippen molar-refractivity contribution in [1.29, 1.82) is 5.26 Å². The molecule has 9 nitrogen and oxygen atoms in total. The Morgan fingerprint density at radius 3 is 2.88 bits per heavy atom. The van der Waals surface area contributed by atoms with Gasteiger partial charge in [0.2, 0.25) is 0 Å². The third kappa shape index (κ3) is 3.75. The van der Waals surface area contributed by atoms with E-state index in [1.165, 1.54) is 0 Å². The van der Waals surface area contributed by atoms with Crippen LogP contribution in [0.4, 0.5) is 5.82 Å². The van der Waals surface area contributed by atoms with Crippen LogP contribution in [-0.4, -0.2) is 54.2 Å². The van der Waals surface area contributed by atoms with Crippen molar-refractivity contribution >= 4 is 33.1 Å². The molecule has 5 heterocycles. The monoisotopic (exact) mass is 476 g/mol. The van der Waals surface area contributed by atoms with Crippen LogP contribution in [0.5, 0.6) is 0 Å². The van der Waals surface area contributed by atoms with E-state index in [1.54, 1.807) is 29.0 Å². The smallest absolute Gasteiger partial charge is 0.255 e. The van der Waals surface area contributed by atoms with E-state index in [0.717, 1.165) is 41.4 Å². The topological polar surface area (TPSA) is 95.3 Å². The molecule has 1 fully saturated rings. The van der Waals surface area contributed by atoms with Crippen molar-refractivity contribution in [3.63, 3.8) is 0 Å². The first-order valence-electron chi connectivity index (χ1n) is 11.6. The number of aromatic nitrogens is 5. The van der Waals surface area contributed by atoms with Crippen LogP contribution in [0.25, 0.3) is 16.0 Å². The predicted molar refractivity (Wildman–Crippen MR) is 133 cm³/mol. The number of thiazole rings is 1. The Labute approximate surface area is 201 Å². The summed E-state index contributed by atoms with van der Waals surface area (Å²) in [6.45, 7) is 8.23. The number of nitriles is 1. The molecule has 5 rings (SSSR count). The van der Waals surface area contributed by atoms with E-state index in [1.807, 2.05) is 16.1 Å². The van der Waals surface area contributed by atoms with E-state index >= 15 is 0 Å². The Morgan fingerprint density at radius 2 is 2.12 bits per heavy atom. The molecular weight excluding hydrogens is 448 g/mol. The summed E-state index contributed by atoms with van der Waals surface area (Å²) in [6, 6.07) is 10.4. The van der Waals surface area contributed by atoms with Crippen LogP contribution in [0.1, 0.15) is 44.6 Å². The molecule has 0 aliphatic carbocycles. The Hall–Kier alpha value is -3.29. The second kappa shape index (κ2) is 8.81. The average molecular weight is 477 g/mol. The van der Waals surface area contributed by atoms with Gasteiger partial charge in [-0.3, -0.25) is 14.3 Å². The normalized spacial score (nSPS) is 20.1. The number of fused-ring (bicyclic) bond motifs is 2. The lowest BCUT2D eigenvalue weighted by Gasteiger charge is -2.48. The van der Waals surface area contributed by atoms with Gasteiger partial charge in [0.05, 0.1) is 34.9 Å². The third-order valence-electron chi connectivity index (χ3n) is 6.94. The summed E-state index contributed by atoms with van der Waals surface area (Å²) >= 11 is 1.57. The number of rotatable bonds is 5. The molecule has 0 bridgehead atoms. The molecule has 1 saturated heterocycles. The van der Waals surface area contributed by atoms with Crippen LogP contribution in [0.2, 0.25) is 0 Å². The van der Waals surface area contributed by atoms with Crippen molar-refractivity contribution < 1.29 is 0 Å². The first kappa shape index (κ1) is 22.5. The number of hydrogen-bond acceptors (Lipinski definition) is 8. The summed E-state index contributed by atoms with van der Waals surface area (Å²) in [5.41, 5.74) is 5.12.